The second-order valence-corrected chi connectivity index (χ2v) is 7.84. The molecule has 0 N–H and O–H groups in total. The standard InChI is InChI=1S/C10H12ClNO3S2/c11-9-3-4-10(16-9)17(14,15)12-5-1-2-8(6-12)7-13/h3-4,7-8H,1-2,5-6H2. The van der Waals surface area contributed by atoms with Crippen molar-refractivity contribution >= 4 is 39.2 Å². The average molecular weight is 294 g/mol. The molecular weight excluding hydrogens is 282 g/mol. The van der Waals surface area contributed by atoms with Crippen molar-refractivity contribution < 1.29 is 13.2 Å². The van der Waals surface area contributed by atoms with Gasteiger partial charge in [0.05, 0.1) is 4.34 Å². The molecule has 0 aliphatic carbocycles. The number of sulfonamides is 1. The molecule has 2 heterocycles. The van der Waals surface area contributed by atoms with Crippen LogP contribution < -0.4 is 0 Å². The molecule has 2 rings (SSSR count). The first-order chi connectivity index (χ1) is 8.04. The first-order valence-electron chi connectivity index (χ1n) is 5.25. The lowest BCUT2D eigenvalue weighted by Gasteiger charge is -2.28. The van der Waals surface area contributed by atoms with E-state index in [4.69, 9.17) is 11.6 Å². The summed E-state index contributed by atoms with van der Waals surface area (Å²) in [6.07, 6.45) is 2.32. The van der Waals surface area contributed by atoms with E-state index in [1.165, 1.54) is 10.4 Å². The molecule has 7 heteroatoms. The maximum atomic E-state index is 12.2. The third-order valence-corrected chi connectivity index (χ3v) is 6.32. The molecule has 1 saturated heterocycles. The summed E-state index contributed by atoms with van der Waals surface area (Å²) in [4.78, 5) is 10.7. The lowest BCUT2D eigenvalue weighted by atomic mass is 10.0. The van der Waals surface area contributed by atoms with Gasteiger partial charge in [-0.15, -0.1) is 11.3 Å². The van der Waals surface area contributed by atoms with Gasteiger partial charge in [-0.2, -0.15) is 4.31 Å². The molecule has 0 radical (unpaired) electrons. The molecule has 0 amide bonds. The van der Waals surface area contributed by atoms with E-state index in [0.717, 1.165) is 30.5 Å². The van der Waals surface area contributed by atoms with Crippen molar-refractivity contribution in [1.29, 1.82) is 0 Å². The number of rotatable bonds is 3. The molecule has 1 aromatic heterocycles. The highest BCUT2D eigenvalue weighted by atomic mass is 35.5. The van der Waals surface area contributed by atoms with Crippen LogP contribution in [0.2, 0.25) is 4.34 Å². The van der Waals surface area contributed by atoms with E-state index in [0.29, 0.717) is 10.9 Å². The molecule has 0 aromatic carbocycles. The summed E-state index contributed by atoms with van der Waals surface area (Å²) in [5.74, 6) is -0.186. The molecule has 1 aromatic rings. The molecule has 94 valence electrons. The summed E-state index contributed by atoms with van der Waals surface area (Å²) in [6.45, 7) is 0.754. The maximum absolute atomic E-state index is 12.2. The van der Waals surface area contributed by atoms with Gasteiger partial charge in [0.2, 0.25) is 0 Å². The predicted octanol–water partition coefficient (Wildman–Crippen LogP) is 2.00. The molecule has 1 fully saturated rings. The zero-order valence-corrected chi connectivity index (χ0v) is 11.4. The van der Waals surface area contributed by atoms with Crippen molar-refractivity contribution in [3.05, 3.63) is 16.5 Å². The largest absolute Gasteiger partial charge is 0.303 e. The highest BCUT2D eigenvalue weighted by molar-refractivity contribution is 7.91. The first kappa shape index (κ1) is 13.0. The van der Waals surface area contributed by atoms with Gasteiger partial charge in [-0.3, -0.25) is 0 Å². The number of hydrogen-bond donors (Lipinski definition) is 0. The van der Waals surface area contributed by atoms with Gasteiger partial charge in [0.1, 0.15) is 10.5 Å². The number of hydrogen-bond acceptors (Lipinski definition) is 4. The van der Waals surface area contributed by atoms with Crippen LogP contribution in [0.3, 0.4) is 0 Å². The fourth-order valence-electron chi connectivity index (χ4n) is 1.87. The maximum Gasteiger partial charge on any atom is 0.252 e. The van der Waals surface area contributed by atoms with E-state index in [2.05, 4.69) is 0 Å². The lowest BCUT2D eigenvalue weighted by Crippen LogP contribution is -2.40. The van der Waals surface area contributed by atoms with E-state index in [-0.39, 0.29) is 16.7 Å². The molecule has 17 heavy (non-hydrogen) atoms. The highest BCUT2D eigenvalue weighted by Gasteiger charge is 2.30. The fourth-order valence-corrected chi connectivity index (χ4v) is 5.04. The number of thiophene rings is 1. The van der Waals surface area contributed by atoms with Gasteiger partial charge in [-0.1, -0.05) is 11.6 Å². The lowest BCUT2D eigenvalue weighted by molar-refractivity contribution is -0.112. The van der Waals surface area contributed by atoms with Crippen LogP contribution >= 0.6 is 22.9 Å². The van der Waals surface area contributed by atoms with Crippen molar-refractivity contribution in [3.63, 3.8) is 0 Å². The summed E-state index contributed by atoms with van der Waals surface area (Å²) < 4.78 is 26.5. The second-order valence-electron chi connectivity index (χ2n) is 3.96. The van der Waals surface area contributed by atoms with Crippen LogP contribution in [0.4, 0.5) is 0 Å². The van der Waals surface area contributed by atoms with E-state index < -0.39 is 10.0 Å². The Hall–Kier alpha value is -0.430. The van der Waals surface area contributed by atoms with Gasteiger partial charge in [0, 0.05) is 19.0 Å². The minimum absolute atomic E-state index is 0.186. The summed E-state index contributed by atoms with van der Waals surface area (Å²) in [5, 5.41) is 0. The number of halogens is 1. The Kier molecular flexibility index (Phi) is 3.87. The quantitative estimate of drug-likeness (QED) is 0.801. The minimum atomic E-state index is -3.48. The summed E-state index contributed by atoms with van der Waals surface area (Å²) >= 11 is 6.79. The van der Waals surface area contributed by atoms with Crippen molar-refractivity contribution in [3.8, 4) is 0 Å². The van der Waals surface area contributed by atoms with Crippen molar-refractivity contribution in [1.82, 2.24) is 4.31 Å². The minimum Gasteiger partial charge on any atom is -0.303 e. The first-order valence-corrected chi connectivity index (χ1v) is 7.88. The van der Waals surface area contributed by atoms with Crippen LogP contribution in [-0.2, 0) is 14.8 Å². The van der Waals surface area contributed by atoms with Crippen molar-refractivity contribution in [2.45, 2.75) is 17.1 Å². The number of nitrogens with zero attached hydrogens (tertiary/aromatic N) is 1. The topological polar surface area (TPSA) is 54.5 Å². The van der Waals surface area contributed by atoms with Crippen LogP contribution in [0.5, 0.6) is 0 Å². The van der Waals surface area contributed by atoms with Gasteiger partial charge in [-0.05, 0) is 25.0 Å². The monoisotopic (exact) mass is 293 g/mol. The number of piperidine rings is 1. The third-order valence-electron chi connectivity index (χ3n) is 2.76. The second kappa shape index (κ2) is 5.06. The van der Waals surface area contributed by atoms with Crippen molar-refractivity contribution in [2.24, 2.45) is 5.92 Å². The van der Waals surface area contributed by atoms with E-state index in [1.54, 1.807) is 6.07 Å². The predicted molar refractivity (Wildman–Crippen MR) is 66.9 cm³/mol. The summed E-state index contributed by atoms with van der Waals surface area (Å²) in [6, 6.07) is 3.08. The summed E-state index contributed by atoms with van der Waals surface area (Å²) in [7, 11) is -3.48. The number of carbonyl (C=O) groups is 1. The van der Waals surface area contributed by atoms with Crippen molar-refractivity contribution in [2.75, 3.05) is 13.1 Å². The molecule has 0 bridgehead atoms. The Morgan fingerprint density at radius 2 is 2.24 bits per heavy atom. The Bertz CT molecular complexity index is 511. The van der Waals surface area contributed by atoms with E-state index in [1.807, 2.05) is 0 Å². The molecular formula is C10H12ClNO3S2. The van der Waals surface area contributed by atoms with Crippen LogP contribution in [-0.4, -0.2) is 32.1 Å². The molecule has 0 saturated carbocycles. The number of carbonyl (C=O) groups excluding carboxylic acids is 1. The molecule has 1 aliphatic heterocycles. The Morgan fingerprint density at radius 3 is 2.82 bits per heavy atom. The third kappa shape index (κ3) is 2.70. The Labute approximate surface area is 109 Å². The Balaban J connectivity index is 2.23. The van der Waals surface area contributed by atoms with Crippen LogP contribution in [0, 0.1) is 5.92 Å². The van der Waals surface area contributed by atoms with Gasteiger partial charge in [-0.25, -0.2) is 8.42 Å². The number of aldehydes is 1. The molecule has 1 unspecified atom stereocenters. The molecule has 4 nitrogen and oxygen atoms in total. The van der Waals surface area contributed by atoms with Crippen LogP contribution in [0.25, 0.3) is 0 Å². The van der Waals surface area contributed by atoms with Gasteiger partial charge < -0.3 is 4.79 Å². The SMILES string of the molecule is O=CC1CCCN(S(=O)(=O)c2ccc(Cl)s2)C1. The van der Waals surface area contributed by atoms with Gasteiger partial charge >= 0.3 is 0 Å². The van der Waals surface area contributed by atoms with E-state index >= 15 is 0 Å². The molecule has 1 aliphatic rings. The van der Waals surface area contributed by atoms with Crippen LogP contribution in [0.15, 0.2) is 16.3 Å². The fraction of sp³-hybridized carbons (Fsp3) is 0.500. The van der Waals surface area contributed by atoms with Gasteiger partial charge in [0.15, 0.2) is 0 Å². The molecule has 0 spiro atoms. The summed E-state index contributed by atoms with van der Waals surface area (Å²) in [5.41, 5.74) is 0. The zero-order chi connectivity index (χ0) is 12.5. The average Bonchev–Trinajstić information content (AvgIpc) is 2.76. The van der Waals surface area contributed by atoms with Crippen LogP contribution in [0.1, 0.15) is 12.8 Å². The Morgan fingerprint density at radius 1 is 1.47 bits per heavy atom. The van der Waals surface area contributed by atoms with Gasteiger partial charge in [0.25, 0.3) is 10.0 Å². The normalized spacial score (nSPS) is 22.5. The highest BCUT2D eigenvalue weighted by Crippen LogP contribution is 2.30. The smallest absolute Gasteiger partial charge is 0.252 e. The zero-order valence-electron chi connectivity index (χ0n) is 9.00. The molecule has 1 atom stereocenters. The van der Waals surface area contributed by atoms with E-state index in [9.17, 15) is 13.2 Å².